The van der Waals surface area contributed by atoms with Gasteiger partial charge in [-0.05, 0) is 18.6 Å². The van der Waals surface area contributed by atoms with E-state index in [1.54, 1.807) is 11.0 Å². The number of para-hydroxylation sites is 1. The van der Waals surface area contributed by atoms with Crippen LogP contribution < -0.4 is 5.69 Å². The lowest BCUT2D eigenvalue weighted by Gasteiger charge is -2.12. The fourth-order valence-corrected chi connectivity index (χ4v) is 1.83. The number of halogens is 3. The molecule has 2 N–H and O–H groups in total. The Morgan fingerprint density at radius 2 is 2.00 bits per heavy atom. The van der Waals surface area contributed by atoms with Gasteiger partial charge in [-0.2, -0.15) is 23.4 Å². The van der Waals surface area contributed by atoms with Gasteiger partial charge >= 0.3 is 11.9 Å². The van der Waals surface area contributed by atoms with Gasteiger partial charge in [0.25, 0.3) is 0 Å². The van der Waals surface area contributed by atoms with Crippen LogP contribution in [0.4, 0.5) is 13.2 Å². The Morgan fingerprint density at radius 3 is 2.52 bits per heavy atom. The van der Waals surface area contributed by atoms with E-state index in [9.17, 15) is 18.0 Å². The number of nitrogens with zero attached hydrogens (tertiary/aromatic N) is 5. The summed E-state index contributed by atoms with van der Waals surface area (Å²) < 4.78 is 37.6. The summed E-state index contributed by atoms with van der Waals surface area (Å²) in [6.45, 7) is 1.16. The largest absolute Gasteiger partial charge is 0.416 e. The Balaban J connectivity index is 0.000000181. The third-order valence-electron chi connectivity index (χ3n) is 3.12. The Kier molecular flexibility index (Phi) is 5.70. The third-order valence-corrected chi connectivity index (χ3v) is 3.12. The van der Waals surface area contributed by atoms with Crippen molar-refractivity contribution < 1.29 is 18.3 Å². The van der Waals surface area contributed by atoms with Gasteiger partial charge in [0.1, 0.15) is 19.0 Å². The van der Waals surface area contributed by atoms with Crippen LogP contribution in [0.3, 0.4) is 0 Å². The highest BCUT2D eigenvalue weighted by Crippen LogP contribution is 2.20. The highest BCUT2D eigenvalue weighted by Gasteiger charge is 2.38. The van der Waals surface area contributed by atoms with E-state index in [0.29, 0.717) is 4.68 Å². The number of benzene rings is 1. The van der Waals surface area contributed by atoms with Gasteiger partial charge in [0.05, 0.1) is 12.2 Å². The lowest BCUT2D eigenvalue weighted by Crippen LogP contribution is -2.36. The molecule has 25 heavy (non-hydrogen) atoms. The predicted molar refractivity (Wildman–Crippen MR) is 81.0 cm³/mol. The number of aryl methyl sites for hydroxylation is 1. The molecule has 3 rings (SSSR count). The molecule has 1 atom stereocenters. The Labute approximate surface area is 139 Å². The summed E-state index contributed by atoms with van der Waals surface area (Å²) in [5, 5.41) is 15.9. The van der Waals surface area contributed by atoms with Gasteiger partial charge < -0.3 is 5.11 Å². The van der Waals surface area contributed by atoms with Crippen LogP contribution >= 0.6 is 0 Å². The number of aliphatic hydroxyl groups is 1. The molecule has 3 aromatic rings. The van der Waals surface area contributed by atoms with Crippen molar-refractivity contribution in [3.8, 4) is 5.69 Å². The maximum absolute atomic E-state index is 11.8. The van der Waals surface area contributed by atoms with Gasteiger partial charge in [-0.1, -0.05) is 18.2 Å². The molecule has 0 unspecified atom stereocenters. The van der Waals surface area contributed by atoms with Crippen LogP contribution in [0, 0.1) is 6.92 Å². The first-order valence-corrected chi connectivity index (χ1v) is 7.05. The van der Waals surface area contributed by atoms with Gasteiger partial charge in [-0.15, -0.1) is 0 Å². The van der Waals surface area contributed by atoms with Gasteiger partial charge in [0, 0.05) is 0 Å². The zero-order chi connectivity index (χ0) is 18.4. The number of hydrogen-bond donors (Lipinski definition) is 2. The highest BCUT2D eigenvalue weighted by molar-refractivity contribution is 5.38. The molecular formula is C14H15F3N6O2. The van der Waals surface area contributed by atoms with Crippen molar-refractivity contribution in [2.45, 2.75) is 25.7 Å². The SMILES string of the molecule is Cc1ccccc1-n1cncn1.O=c1[nH]cnn1C[C@H](O)C(F)(F)F. The second-order valence-corrected chi connectivity index (χ2v) is 4.96. The molecule has 134 valence electrons. The molecule has 1 aromatic carbocycles. The molecule has 0 aliphatic heterocycles. The standard InChI is InChI=1S/C9H9N3.C5H6F3N3O2/c1-8-4-2-3-5-9(8)12-7-10-6-11-12;6-5(7,8)3(12)1-11-4(13)9-2-10-11/h2-7H,1H3;2-3,12H,1H2,(H,9,10,13)/t;3-/m.0/s1. The number of nitrogens with one attached hydrogen (secondary N) is 1. The molecule has 0 spiro atoms. The fourth-order valence-electron chi connectivity index (χ4n) is 1.83. The number of aromatic amines is 1. The predicted octanol–water partition coefficient (Wildman–Crippen LogP) is 1.07. The van der Waals surface area contributed by atoms with Gasteiger partial charge in [0.15, 0.2) is 6.10 Å². The monoisotopic (exact) mass is 356 g/mol. The van der Waals surface area contributed by atoms with Crippen LogP contribution in [-0.2, 0) is 6.54 Å². The van der Waals surface area contributed by atoms with E-state index >= 15 is 0 Å². The summed E-state index contributed by atoms with van der Waals surface area (Å²) >= 11 is 0. The molecule has 0 saturated carbocycles. The quantitative estimate of drug-likeness (QED) is 0.731. The third kappa shape index (κ3) is 5.01. The molecule has 0 amide bonds. The van der Waals surface area contributed by atoms with Crippen LogP contribution in [-0.4, -0.2) is 46.9 Å². The minimum absolute atomic E-state index is 0.498. The van der Waals surface area contributed by atoms with Crippen molar-refractivity contribution in [2.24, 2.45) is 0 Å². The van der Waals surface area contributed by atoms with Gasteiger partial charge in [0.2, 0.25) is 0 Å². The fraction of sp³-hybridized carbons (Fsp3) is 0.286. The van der Waals surface area contributed by atoms with Gasteiger partial charge in [-0.3, -0.25) is 4.98 Å². The molecule has 2 aromatic heterocycles. The molecule has 0 saturated heterocycles. The van der Waals surface area contributed by atoms with E-state index in [0.717, 1.165) is 12.0 Å². The number of aliphatic hydroxyl groups excluding tert-OH is 1. The summed E-state index contributed by atoms with van der Waals surface area (Å²) in [5.41, 5.74) is 1.49. The second kappa shape index (κ2) is 7.75. The summed E-state index contributed by atoms with van der Waals surface area (Å²) in [6.07, 6.45) is -3.13. The molecule has 2 heterocycles. The van der Waals surface area contributed by atoms with Crippen molar-refractivity contribution in [3.63, 3.8) is 0 Å². The minimum Gasteiger partial charge on any atom is -0.382 e. The second-order valence-electron chi connectivity index (χ2n) is 4.96. The van der Waals surface area contributed by atoms with Crippen molar-refractivity contribution >= 4 is 0 Å². The Morgan fingerprint density at radius 1 is 1.28 bits per heavy atom. The normalized spacial score (nSPS) is 12.4. The maximum Gasteiger partial charge on any atom is 0.416 e. The molecule has 0 aliphatic rings. The van der Waals surface area contributed by atoms with Crippen molar-refractivity contribution in [3.05, 3.63) is 59.3 Å². The van der Waals surface area contributed by atoms with Crippen molar-refractivity contribution in [2.75, 3.05) is 0 Å². The van der Waals surface area contributed by atoms with Crippen LogP contribution in [0.2, 0.25) is 0 Å². The first-order valence-electron chi connectivity index (χ1n) is 7.05. The van der Waals surface area contributed by atoms with E-state index in [1.165, 1.54) is 11.9 Å². The zero-order valence-electron chi connectivity index (χ0n) is 13.1. The smallest absolute Gasteiger partial charge is 0.382 e. The zero-order valence-corrected chi connectivity index (χ0v) is 13.1. The molecular weight excluding hydrogens is 341 g/mol. The first kappa shape index (κ1) is 18.4. The topological polar surface area (TPSA) is 102 Å². The molecule has 0 radical (unpaired) electrons. The van der Waals surface area contributed by atoms with Gasteiger partial charge in [-0.25, -0.2) is 19.1 Å². The van der Waals surface area contributed by atoms with Crippen LogP contribution in [0.15, 0.2) is 48.0 Å². The Bertz CT molecular complexity index is 841. The van der Waals surface area contributed by atoms with Crippen LogP contribution in [0.25, 0.3) is 5.69 Å². The lowest BCUT2D eigenvalue weighted by atomic mass is 10.2. The molecule has 11 heteroatoms. The minimum atomic E-state index is -4.74. The molecule has 8 nitrogen and oxygen atoms in total. The summed E-state index contributed by atoms with van der Waals surface area (Å²) in [6, 6.07) is 8.07. The first-order chi connectivity index (χ1) is 11.8. The lowest BCUT2D eigenvalue weighted by molar-refractivity contribution is -0.208. The van der Waals surface area contributed by atoms with E-state index in [-0.39, 0.29) is 0 Å². The molecule has 0 aliphatic carbocycles. The summed E-state index contributed by atoms with van der Waals surface area (Å²) in [7, 11) is 0. The van der Waals surface area contributed by atoms with Crippen molar-refractivity contribution in [1.29, 1.82) is 0 Å². The van der Waals surface area contributed by atoms with Crippen LogP contribution in [0.5, 0.6) is 0 Å². The van der Waals surface area contributed by atoms with Crippen molar-refractivity contribution in [1.82, 2.24) is 29.5 Å². The number of aromatic nitrogens is 6. The summed E-state index contributed by atoms with van der Waals surface area (Å²) in [5.74, 6) is 0. The van der Waals surface area contributed by atoms with E-state index in [1.807, 2.05) is 23.2 Å². The summed E-state index contributed by atoms with van der Waals surface area (Å²) in [4.78, 5) is 16.6. The highest BCUT2D eigenvalue weighted by atomic mass is 19.4. The number of H-pyrrole nitrogens is 1. The van der Waals surface area contributed by atoms with E-state index < -0.39 is 24.5 Å². The average molecular weight is 356 g/mol. The van der Waals surface area contributed by atoms with E-state index in [2.05, 4.69) is 28.2 Å². The van der Waals surface area contributed by atoms with Crippen LogP contribution in [0.1, 0.15) is 5.56 Å². The maximum atomic E-state index is 11.8. The average Bonchev–Trinajstić information content (AvgIpc) is 3.20. The number of rotatable bonds is 3. The number of alkyl halides is 3. The van der Waals surface area contributed by atoms with E-state index in [4.69, 9.17) is 5.11 Å². The molecule has 0 fully saturated rings. The molecule has 0 bridgehead atoms. The number of hydrogen-bond acceptors (Lipinski definition) is 5. The Hall–Kier alpha value is -2.95.